The number of carbonyl (C=O) groups is 2. The number of aliphatic hydroxyl groups is 1. The van der Waals surface area contributed by atoms with E-state index in [1.807, 2.05) is 4.90 Å². The maximum absolute atomic E-state index is 13.0. The van der Waals surface area contributed by atoms with E-state index in [-0.39, 0.29) is 17.7 Å². The minimum Gasteiger partial charge on any atom is -0.380 e. The number of carbonyl (C=O) groups excluding carboxylic acids is 2. The molecule has 0 spiro atoms. The smallest absolute Gasteiger partial charge is 0.254 e. The molecule has 7 nitrogen and oxygen atoms in total. The van der Waals surface area contributed by atoms with Crippen molar-refractivity contribution in [1.82, 2.24) is 14.7 Å². The topological polar surface area (TPSA) is 73.3 Å². The van der Waals surface area contributed by atoms with E-state index in [9.17, 15) is 14.7 Å². The van der Waals surface area contributed by atoms with Crippen LogP contribution < -0.4 is 0 Å². The predicted octanol–water partition coefficient (Wildman–Crippen LogP) is 0.852. The van der Waals surface area contributed by atoms with Crippen LogP contribution in [0.1, 0.15) is 51.4 Å². The molecule has 0 radical (unpaired) electrons. The second-order valence-corrected chi connectivity index (χ2v) is 9.90. The fourth-order valence-corrected chi connectivity index (χ4v) is 5.94. The van der Waals surface area contributed by atoms with Gasteiger partial charge in [0, 0.05) is 63.8 Å². The molecular weight excluding hydrogens is 370 g/mol. The highest BCUT2D eigenvalue weighted by Crippen LogP contribution is 2.37. The van der Waals surface area contributed by atoms with Crippen LogP contribution in [0.2, 0.25) is 0 Å². The summed E-state index contributed by atoms with van der Waals surface area (Å²) in [6.07, 6.45) is 8.27. The van der Waals surface area contributed by atoms with Crippen LogP contribution in [0.15, 0.2) is 0 Å². The Labute approximate surface area is 173 Å². The molecule has 2 amide bonds. The lowest BCUT2D eigenvalue weighted by atomic mass is 9.82. The quantitative estimate of drug-likeness (QED) is 0.754. The Morgan fingerprint density at radius 2 is 1.55 bits per heavy atom. The van der Waals surface area contributed by atoms with Crippen LogP contribution in [-0.4, -0.2) is 95.2 Å². The summed E-state index contributed by atoms with van der Waals surface area (Å²) in [5.41, 5.74) is -1.09. The van der Waals surface area contributed by atoms with E-state index in [0.717, 1.165) is 44.8 Å². The first-order valence-electron chi connectivity index (χ1n) is 11.7. The van der Waals surface area contributed by atoms with E-state index in [1.54, 1.807) is 4.90 Å². The minimum absolute atomic E-state index is 0.137. The number of ether oxygens (including phenoxy) is 1. The molecule has 5 fully saturated rings. The van der Waals surface area contributed by atoms with Crippen molar-refractivity contribution in [2.75, 3.05) is 45.9 Å². The van der Waals surface area contributed by atoms with Crippen LogP contribution >= 0.6 is 0 Å². The molecule has 0 bridgehead atoms. The van der Waals surface area contributed by atoms with E-state index < -0.39 is 5.60 Å². The Kier molecular flexibility index (Phi) is 5.33. The molecule has 5 rings (SSSR count). The van der Waals surface area contributed by atoms with Crippen molar-refractivity contribution in [3.05, 3.63) is 0 Å². The Morgan fingerprint density at radius 1 is 0.862 bits per heavy atom. The van der Waals surface area contributed by atoms with Crippen molar-refractivity contribution in [2.45, 2.75) is 69.1 Å². The fraction of sp³-hybridized carbons (Fsp3) is 0.909. The van der Waals surface area contributed by atoms with E-state index in [1.165, 1.54) is 19.4 Å². The van der Waals surface area contributed by atoms with E-state index in [4.69, 9.17) is 4.74 Å². The summed E-state index contributed by atoms with van der Waals surface area (Å²) in [4.78, 5) is 31.7. The largest absolute Gasteiger partial charge is 0.380 e. The molecule has 3 aliphatic heterocycles. The maximum atomic E-state index is 13.0. The molecule has 0 aromatic heterocycles. The first-order valence-corrected chi connectivity index (χ1v) is 11.7. The predicted molar refractivity (Wildman–Crippen MR) is 107 cm³/mol. The Balaban J connectivity index is 1.07. The molecule has 3 saturated heterocycles. The van der Waals surface area contributed by atoms with Crippen LogP contribution in [0, 0.1) is 11.8 Å². The zero-order chi connectivity index (χ0) is 20.0. The van der Waals surface area contributed by atoms with Crippen LogP contribution in [0.4, 0.5) is 0 Å². The number of fused-ring (bicyclic) bond motifs is 1. The normalized spacial score (nSPS) is 37.3. The molecule has 2 unspecified atom stereocenters. The highest BCUT2D eigenvalue weighted by Gasteiger charge is 2.50. The third-order valence-corrected chi connectivity index (χ3v) is 8.08. The number of amides is 2. The van der Waals surface area contributed by atoms with Gasteiger partial charge in [-0.25, -0.2) is 0 Å². The zero-order valence-electron chi connectivity index (χ0n) is 17.4. The van der Waals surface area contributed by atoms with Crippen LogP contribution in [-0.2, 0) is 14.3 Å². The lowest BCUT2D eigenvalue weighted by molar-refractivity contribution is -0.148. The van der Waals surface area contributed by atoms with Crippen molar-refractivity contribution >= 4 is 11.8 Å². The first kappa shape index (κ1) is 19.8. The third kappa shape index (κ3) is 3.93. The van der Waals surface area contributed by atoms with Crippen LogP contribution in [0.3, 0.4) is 0 Å². The number of likely N-dealkylation sites (tertiary alicyclic amines) is 1. The van der Waals surface area contributed by atoms with Crippen molar-refractivity contribution in [3.8, 4) is 0 Å². The first-order chi connectivity index (χ1) is 14.0. The Hall–Kier alpha value is -1.18. The average Bonchev–Trinajstić information content (AvgIpc) is 3.34. The van der Waals surface area contributed by atoms with Crippen LogP contribution in [0.25, 0.3) is 0 Å². The highest BCUT2D eigenvalue weighted by atomic mass is 16.5. The van der Waals surface area contributed by atoms with Crippen molar-refractivity contribution < 1.29 is 19.4 Å². The van der Waals surface area contributed by atoms with Crippen molar-refractivity contribution in [1.29, 1.82) is 0 Å². The minimum atomic E-state index is -1.09. The number of piperazine rings is 1. The number of nitrogens with zero attached hydrogens (tertiary/aromatic N) is 3. The van der Waals surface area contributed by atoms with Gasteiger partial charge in [-0.2, -0.15) is 0 Å². The van der Waals surface area contributed by atoms with Gasteiger partial charge in [0.2, 0.25) is 5.91 Å². The number of piperidine rings is 1. The summed E-state index contributed by atoms with van der Waals surface area (Å²) in [5.74, 6) is 1.01. The molecule has 0 aromatic carbocycles. The monoisotopic (exact) mass is 405 g/mol. The number of rotatable bonds is 3. The molecular formula is C22H35N3O4. The Morgan fingerprint density at radius 3 is 2.24 bits per heavy atom. The van der Waals surface area contributed by atoms with Gasteiger partial charge in [0.15, 0.2) is 0 Å². The summed E-state index contributed by atoms with van der Waals surface area (Å²) < 4.78 is 5.84. The summed E-state index contributed by atoms with van der Waals surface area (Å²) in [5, 5.41) is 10.0. The molecule has 2 aliphatic carbocycles. The van der Waals surface area contributed by atoms with Gasteiger partial charge in [0.1, 0.15) is 5.60 Å². The summed E-state index contributed by atoms with van der Waals surface area (Å²) >= 11 is 0. The molecule has 1 N–H and O–H groups in total. The molecule has 5 aliphatic rings. The maximum Gasteiger partial charge on any atom is 0.254 e. The van der Waals surface area contributed by atoms with Crippen LogP contribution in [0.5, 0.6) is 0 Å². The van der Waals surface area contributed by atoms with Gasteiger partial charge in [0.05, 0.1) is 6.10 Å². The van der Waals surface area contributed by atoms with Gasteiger partial charge < -0.3 is 19.6 Å². The van der Waals surface area contributed by atoms with Gasteiger partial charge in [-0.3, -0.25) is 14.5 Å². The molecule has 3 heterocycles. The second kappa shape index (κ2) is 7.82. The van der Waals surface area contributed by atoms with E-state index >= 15 is 0 Å². The summed E-state index contributed by atoms with van der Waals surface area (Å²) in [7, 11) is 0. The molecule has 29 heavy (non-hydrogen) atoms. The molecule has 162 valence electrons. The van der Waals surface area contributed by atoms with Gasteiger partial charge >= 0.3 is 0 Å². The standard InChI is InChI=1S/C22H35N3O4/c26-20(23-10-12-24(13-11-23)21(27)22(28)7-8-22)16-1-3-18(4-2-16)25-9-5-19-17(15-25)6-14-29-19/h16-19,28H,1-15H2. The molecule has 7 heteroatoms. The molecule has 2 atom stereocenters. The lowest BCUT2D eigenvalue weighted by Crippen LogP contribution is -2.55. The van der Waals surface area contributed by atoms with Crippen molar-refractivity contribution in [3.63, 3.8) is 0 Å². The van der Waals surface area contributed by atoms with Gasteiger partial charge in [0.25, 0.3) is 5.91 Å². The van der Waals surface area contributed by atoms with Gasteiger partial charge in [-0.05, 0) is 51.4 Å². The van der Waals surface area contributed by atoms with Gasteiger partial charge in [-0.1, -0.05) is 0 Å². The van der Waals surface area contributed by atoms with Gasteiger partial charge in [-0.15, -0.1) is 0 Å². The Bertz CT molecular complexity index is 636. The average molecular weight is 406 g/mol. The SMILES string of the molecule is O=C(C1CCC(N2CCC3OCCC3C2)CC1)N1CCN(C(=O)C2(O)CC2)CC1. The second-order valence-electron chi connectivity index (χ2n) is 9.90. The zero-order valence-corrected chi connectivity index (χ0v) is 17.4. The highest BCUT2D eigenvalue weighted by molar-refractivity contribution is 5.88. The lowest BCUT2D eigenvalue weighted by Gasteiger charge is -2.43. The van der Waals surface area contributed by atoms with Crippen molar-refractivity contribution in [2.24, 2.45) is 11.8 Å². The number of hydrogen-bond donors (Lipinski definition) is 1. The summed E-state index contributed by atoms with van der Waals surface area (Å²) in [6.45, 7) is 5.58. The molecule has 2 saturated carbocycles. The third-order valence-electron chi connectivity index (χ3n) is 8.08. The van der Waals surface area contributed by atoms with E-state index in [0.29, 0.717) is 51.2 Å². The van der Waals surface area contributed by atoms with E-state index in [2.05, 4.69) is 4.90 Å². The fourth-order valence-electron chi connectivity index (χ4n) is 5.94. The summed E-state index contributed by atoms with van der Waals surface area (Å²) in [6, 6.07) is 0.634. The molecule has 0 aromatic rings. The number of hydrogen-bond acceptors (Lipinski definition) is 5.